The van der Waals surface area contributed by atoms with E-state index in [1.165, 1.54) is 0 Å². The van der Waals surface area contributed by atoms with Gasteiger partial charge < -0.3 is 10.0 Å². The highest BCUT2D eigenvalue weighted by Gasteiger charge is 2.09. The monoisotopic (exact) mass is 139 g/mol. The summed E-state index contributed by atoms with van der Waals surface area (Å²) in [5.41, 5.74) is 0. The molecule has 1 rings (SSSR count). The Hall–Kier alpha value is -0.0800. The van der Waals surface area contributed by atoms with Gasteiger partial charge in [-0.1, -0.05) is 0 Å². The van der Waals surface area contributed by atoms with Crippen molar-refractivity contribution in [2.24, 2.45) is 0 Å². The molecule has 0 radical (unpaired) electrons. The maximum atomic E-state index is 8.85. The first-order valence-corrected chi connectivity index (χ1v) is 2.49. The molecule has 0 aromatic rings. The normalized spacial score (nSPS) is 67.4. The predicted molar refractivity (Wildman–Crippen MR) is 37.4 cm³/mol. The highest BCUT2D eigenvalue weighted by atomic mass is 16.3. The molecule has 1 N–H and O–H groups in total. The molecule has 1 aliphatic rings. The SMILES string of the molecule is [2H]C(N1C([2H])C([2H])([2H])C([2H])([2H])C1([2H])[2H])C([2H])([2H])CO. The number of hydrogen-bond acceptors (Lipinski definition) is 2. The number of nitrogens with zero attached hydrogens (tertiary/aromatic N) is 1. The third kappa shape index (κ3) is 2.33. The zero-order valence-corrected chi connectivity index (χ0v) is 4.76. The van der Waals surface area contributed by atoms with E-state index in [1.54, 1.807) is 0 Å². The van der Waals surface area contributed by atoms with Crippen molar-refractivity contribution in [1.82, 2.24) is 4.90 Å². The van der Waals surface area contributed by atoms with Crippen LogP contribution in [0.5, 0.6) is 0 Å². The molecule has 0 bridgehead atoms. The second kappa shape index (κ2) is 3.85. The number of hydrogen-bond donors (Lipinski definition) is 1. The van der Waals surface area contributed by atoms with Gasteiger partial charge in [-0.05, 0) is 32.1 Å². The number of likely N-dealkylation sites (tertiary alicyclic amines) is 1. The molecular weight excluding hydrogens is 114 g/mol. The van der Waals surface area contributed by atoms with E-state index < -0.39 is 45.3 Å². The van der Waals surface area contributed by atoms with E-state index in [1.807, 2.05) is 0 Å². The fraction of sp³-hybridized carbons (Fsp3) is 1.00. The van der Waals surface area contributed by atoms with Gasteiger partial charge in [0.25, 0.3) is 0 Å². The van der Waals surface area contributed by atoms with Crippen LogP contribution in [0.4, 0.5) is 0 Å². The molecule has 0 aliphatic carbocycles. The Bertz CT molecular complexity index is 358. The van der Waals surface area contributed by atoms with E-state index in [2.05, 4.69) is 0 Å². The minimum Gasteiger partial charge on any atom is -0.396 e. The number of aliphatic hydroxyl groups excluding tert-OH is 1. The maximum absolute atomic E-state index is 8.85. The summed E-state index contributed by atoms with van der Waals surface area (Å²) in [6.07, 6.45) is -8.61. The molecule has 1 aliphatic heterocycles. The lowest BCUT2D eigenvalue weighted by Gasteiger charge is -2.12. The molecule has 1 saturated heterocycles. The van der Waals surface area contributed by atoms with Crippen LogP contribution in [-0.4, -0.2) is 36.2 Å². The summed E-state index contributed by atoms with van der Waals surface area (Å²) in [4.78, 5) is 0.184. The van der Waals surface area contributed by atoms with Gasteiger partial charge in [-0.15, -0.1) is 0 Å². The van der Waals surface area contributed by atoms with Gasteiger partial charge in [0.2, 0.25) is 0 Å². The molecule has 0 amide bonds. The van der Waals surface area contributed by atoms with E-state index in [9.17, 15) is 0 Å². The zero-order valence-electron chi connectivity index (χ0n) is 14.8. The van der Waals surface area contributed by atoms with Crippen LogP contribution < -0.4 is 0 Å². The Morgan fingerprint density at radius 3 is 3.11 bits per heavy atom. The Kier molecular flexibility index (Phi) is 0.669. The van der Waals surface area contributed by atoms with Crippen molar-refractivity contribution in [3.05, 3.63) is 0 Å². The van der Waals surface area contributed by atoms with E-state index in [0.717, 1.165) is 0 Å². The molecule has 0 aromatic heterocycles. The van der Waals surface area contributed by atoms with Gasteiger partial charge >= 0.3 is 0 Å². The van der Waals surface area contributed by atoms with Crippen molar-refractivity contribution in [2.45, 2.75) is 19.1 Å². The van der Waals surface area contributed by atoms with Crippen LogP contribution in [0.25, 0.3) is 0 Å². The number of aliphatic hydroxyl groups is 1. The topological polar surface area (TPSA) is 23.5 Å². The third-order valence-corrected chi connectivity index (χ3v) is 0.782. The molecule has 9 heavy (non-hydrogen) atoms. The molecule has 0 spiro atoms. The zero-order chi connectivity index (χ0) is 15.4. The minimum atomic E-state index is -3.09. The van der Waals surface area contributed by atoms with Crippen molar-refractivity contribution in [1.29, 1.82) is 0 Å². The van der Waals surface area contributed by atoms with Crippen LogP contribution in [0.3, 0.4) is 0 Å². The second-order valence-corrected chi connectivity index (χ2v) is 1.41. The summed E-state index contributed by atoms with van der Waals surface area (Å²) in [7, 11) is 0. The van der Waals surface area contributed by atoms with Gasteiger partial charge in [-0.3, -0.25) is 0 Å². The van der Waals surface area contributed by atoms with Crippen LogP contribution in [-0.2, 0) is 0 Å². The highest BCUT2D eigenvalue weighted by molar-refractivity contribution is 4.64. The van der Waals surface area contributed by atoms with Gasteiger partial charge in [0.1, 0.15) is 0 Å². The smallest absolute Gasteiger partial charge is 0.0443 e. The van der Waals surface area contributed by atoms with Gasteiger partial charge in [-0.2, -0.15) is 0 Å². The molecule has 2 unspecified atom stereocenters. The first kappa shape index (κ1) is 1.56. The van der Waals surface area contributed by atoms with Crippen molar-refractivity contribution < 1.29 is 18.8 Å². The van der Waals surface area contributed by atoms with Crippen molar-refractivity contribution in [3.8, 4) is 0 Å². The van der Waals surface area contributed by atoms with E-state index in [4.69, 9.17) is 18.8 Å². The average Bonchev–Trinajstić information content (AvgIpc) is 2.35. The summed E-state index contributed by atoms with van der Waals surface area (Å²) >= 11 is 0. The molecule has 2 nitrogen and oxygen atoms in total. The third-order valence-electron chi connectivity index (χ3n) is 0.782. The molecule has 1 fully saturated rings. The van der Waals surface area contributed by atoms with Crippen molar-refractivity contribution >= 4 is 0 Å². The van der Waals surface area contributed by atoms with Gasteiger partial charge in [0, 0.05) is 26.8 Å². The van der Waals surface area contributed by atoms with Crippen LogP contribution in [0.2, 0.25) is 0 Å². The minimum absolute atomic E-state index is 0.184. The fourth-order valence-electron chi connectivity index (χ4n) is 0.440. The standard InChI is InChI=1S/C7H15NO/c9-7-3-6-8-4-1-2-5-8/h9H,1-7H2/i1D2,2D2,3D2,4D,5D2,6D. The molecule has 1 heterocycles. The van der Waals surface area contributed by atoms with Gasteiger partial charge in [0.15, 0.2) is 0 Å². The van der Waals surface area contributed by atoms with Gasteiger partial charge in [0.05, 0.1) is 0 Å². The van der Waals surface area contributed by atoms with Crippen LogP contribution in [0, 0.1) is 0 Å². The summed E-state index contributed by atoms with van der Waals surface area (Å²) < 4.78 is 75.1. The van der Waals surface area contributed by atoms with E-state index >= 15 is 0 Å². The lowest BCUT2D eigenvalue weighted by atomic mass is 10.4. The summed E-state index contributed by atoms with van der Waals surface area (Å²) in [5, 5.41) is 8.85. The van der Waals surface area contributed by atoms with Crippen molar-refractivity contribution in [2.75, 3.05) is 26.1 Å². The first-order chi connectivity index (χ1) is 8.25. The molecule has 2 heteroatoms. The molecule has 0 saturated carbocycles. The molecular formula is C7H15NO. The molecule has 54 valence electrons. The van der Waals surface area contributed by atoms with Crippen LogP contribution in [0.1, 0.15) is 32.8 Å². The van der Waals surface area contributed by atoms with Gasteiger partial charge in [-0.25, -0.2) is 0 Å². The van der Waals surface area contributed by atoms with E-state index in [0.29, 0.717) is 0 Å². The number of rotatable bonds is 3. The predicted octanol–water partition coefficient (Wildman–Crippen LogP) is 0.465. The summed E-state index contributed by atoms with van der Waals surface area (Å²) in [6.45, 7) is -8.37. The molecule has 0 aromatic carbocycles. The fourth-order valence-corrected chi connectivity index (χ4v) is 0.440. The summed E-state index contributed by atoms with van der Waals surface area (Å²) in [6, 6.07) is 0. The second-order valence-electron chi connectivity index (χ2n) is 1.41. The van der Waals surface area contributed by atoms with Crippen molar-refractivity contribution in [3.63, 3.8) is 0 Å². The largest absolute Gasteiger partial charge is 0.396 e. The first-order valence-electron chi connectivity index (χ1n) is 7.64. The van der Waals surface area contributed by atoms with E-state index in [-0.39, 0.29) is 4.90 Å². The Morgan fingerprint density at radius 1 is 1.67 bits per heavy atom. The lowest BCUT2D eigenvalue weighted by Crippen LogP contribution is -2.20. The Balaban J connectivity index is 3.30. The quantitative estimate of drug-likeness (QED) is 0.614. The van der Waals surface area contributed by atoms with Crippen LogP contribution in [0.15, 0.2) is 0 Å². The van der Waals surface area contributed by atoms with Crippen LogP contribution >= 0.6 is 0 Å². The lowest BCUT2D eigenvalue weighted by molar-refractivity contribution is 0.248. The Morgan fingerprint density at radius 2 is 2.56 bits per heavy atom. The maximum Gasteiger partial charge on any atom is 0.0443 e. The summed E-state index contributed by atoms with van der Waals surface area (Å²) in [5.74, 6) is 0. The average molecular weight is 139 g/mol. The Labute approximate surface area is 70.5 Å². The highest BCUT2D eigenvalue weighted by Crippen LogP contribution is 2.06. The molecule has 2 atom stereocenters.